The van der Waals surface area contributed by atoms with Crippen LogP contribution in [0.5, 0.6) is 0 Å². The molecule has 0 amide bonds. The fourth-order valence-corrected chi connectivity index (χ4v) is 3.72. The number of para-hydroxylation sites is 2. The van der Waals surface area contributed by atoms with E-state index in [0.717, 1.165) is 0 Å². The maximum Gasteiger partial charge on any atom is 0.266 e. The third kappa shape index (κ3) is 5.00. The summed E-state index contributed by atoms with van der Waals surface area (Å²) in [6.45, 7) is 1.86. The summed E-state index contributed by atoms with van der Waals surface area (Å²) < 4.78 is 40.1. The van der Waals surface area contributed by atoms with Crippen LogP contribution in [0.3, 0.4) is 0 Å². The molecule has 0 aliphatic heterocycles. The summed E-state index contributed by atoms with van der Waals surface area (Å²) >= 11 is 0. The Hall–Kier alpha value is -2.76. The molecule has 10 nitrogen and oxygen atoms in total. The molecule has 0 bridgehead atoms. The second kappa shape index (κ2) is 9.16. The van der Waals surface area contributed by atoms with Crippen molar-refractivity contribution in [3.8, 4) is 0 Å². The van der Waals surface area contributed by atoms with Crippen molar-refractivity contribution in [1.29, 1.82) is 0 Å². The number of ether oxygens (including phenoxy) is 2. The highest BCUT2D eigenvalue weighted by molar-refractivity contribution is 7.92. The first kappa shape index (κ1) is 21.0. The number of methoxy groups -OCH3 is 2. The molecule has 0 saturated carbocycles. The summed E-state index contributed by atoms with van der Waals surface area (Å²) in [6, 6.07) is 7.29. The number of aryl methyl sites for hydroxylation is 1. The molecule has 1 aromatic carbocycles. The van der Waals surface area contributed by atoms with Gasteiger partial charge in [-0.15, -0.1) is 0 Å². The molecule has 2 heterocycles. The first-order valence-corrected chi connectivity index (χ1v) is 10.4. The average molecular weight is 420 g/mol. The van der Waals surface area contributed by atoms with Crippen LogP contribution >= 0.6 is 0 Å². The van der Waals surface area contributed by atoms with Gasteiger partial charge in [0.1, 0.15) is 4.90 Å². The summed E-state index contributed by atoms with van der Waals surface area (Å²) in [6.07, 6.45) is 2.70. The number of hydrogen-bond acceptors (Lipinski definition) is 8. The van der Waals surface area contributed by atoms with Crippen molar-refractivity contribution in [2.75, 3.05) is 50.1 Å². The molecule has 0 aliphatic rings. The molecule has 3 aromatic rings. The number of aromatic nitrogens is 4. The number of anilines is 2. The quantitative estimate of drug-likeness (QED) is 0.522. The summed E-state index contributed by atoms with van der Waals surface area (Å²) in [4.78, 5) is 11.1. The Bertz CT molecular complexity index is 1060. The van der Waals surface area contributed by atoms with Crippen LogP contribution in [0.15, 0.2) is 41.6 Å². The smallest absolute Gasteiger partial charge is 0.266 e. The van der Waals surface area contributed by atoms with Gasteiger partial charge in [0.15, 0.2) is 11.6 Å². The van der Waals surface area contributed by atoms with Crippen LogP contribution in [0.4, 0.5) is 11.6 Å². The molecule has 0 fully saturated rings. The molecular weight excluding hydrogens is 396 g/mol. The maximum atomic E-state index is 12.9. The molecule has 0 atom stereocenters. The van der Waals surface area contributed by atoms with Crippen molar-refractivity contribution >= 4 is 32.7 Å². The maximum absolute atomic E-state index is 12.9. The zero-order valence-electron chi connectivity index (χ0n) is 16.6. The van der Waals surface area contributed by atoms with E-state index >= 15 is 0 Å². The monoisotopic (exact) mass is 420 g/mol. The van der Waals surface area contributed by atoms with Gasteiger partial charge in [-0.1, -0.05) is 12.1 Å². The van der Waals surface area contributed by atoms with E-state index in [4.69, 9.17) is 9.47 Å². The fourth-order valence-electron chi connectivity index (χ4n) is 2.73. The van der Waals surface area contributed by atoms with Crippen LogP contribution in [-0.4, -0.2) is 68.7 Å². The minimum atomic E-state index is -3.88. The van der Waals surface area contributed by atoms with Gasteiger partial charge in [0.2, 0.25) is 0 Å². The second-order valence-electron chi connectivity index (χ2n) is 6.31. The van der Waals surface area contributed by atoms with Gasteiger partial charge in [-0.2, -0.15) is 5.10 Å². The Morgan fingerprint density at radius 1 is 1.07 bits per heavy atom. The summed E-state index contributed by atoms with van der Waals surface area (Å²) in [7, 11) is 0.975. The lowest BCUT2D eigenvalue weighted by Gasteiger charge is -2.25. The Balaban J connectivity index is 2.06. The van der Waals surface area contributed by atoms with Gasteiger partial charge in [0, 0.05) is 40.6 Å². The lowest BCUT2D eigenvalue weighted by molar-refractivity contribution is 0.190. The molecular formula is C18H24N6O4S. The second-order valence-corrected chi connectivity index (χ2v) is 7.99. The third-order valence-corrected chi connectivity index (χ3v) is 5.50. The van der Waals surface area contributed by atoms with Crippen LogP contribution in [0.1, 0.15) is 0 Å². The molecule has 2 aromatic heterocycles. The van der Waals surface area contributed by atoms with Gasteiger partial charge in [-0.3, -0.25) is 9.40 Å². The Morgan fingerprint density at radius 3 is 2.24 bits per heavy atom. The van der Waals surface area contributed by atoms with Gasteiger partial charge in [-0.25, -0.2) is 18.4 Å². The molecule has 11 heteroatoms. The highest BCUT2D eigenvalue weighted by atomic mass is 32.2. The summed E-state index contributed by atoms with van der Waals surface area (Å²) in [5, 5.41) is 3.93. The van der Waals surface area contributed by atoms with E-state index in [1.54, 1.807) is 27.3 Å². The van der Waals surface area contributed by atoms with Crippen LogP contribution < -0.4 is 9.62 Å². The van der Waals surface area contributed by atoms with Gasteiger partial charge >= 0.3 is 0 Å². The van der Waals surface area contributed by atoms with E-state index in [1.807, 2.05) is 23.1 Å². The van der Waals surface area contributed by atoms with Crippen LogP contribution in [0.25, 0.3) is 11.0 Å². The number of fused-ring (bicyclic) bond motifs is 1. The van der Waals surface area contributed by atoms with Crippen molar-refractivity contribution in [3.05, 3.63) is 36.7 Å². The minimum absolute atomic E-state index is 0.0428. The number of sulfonamides is 1. The number of benzene rings is 1. The SMILES string of the molecule is COCCN(CCOC)c1nc2ccccc2nc1NS(=O)(=O)c1cnn(C)c1. The lowest BCUT2D eigenvalue weighted by atomic mass is 10.3. The van der Waals surface area contributed by atoms with Crippen LogP contribution in [0.2, 0.25) is 0 Å². The molecule has 29 heavy (non-hydrogen) atoms. The predicted octanol–water partition coefficient (Wildman–Crippen LogP) is 1.26. The Kier molecular flexibility index (Phi) is 6.62. The van der Waals surface area contributed by atoms with Crippen molar-refractivity contribution in [1.82, 2.24) is 19.7 Å². The minimum Gasteiger partial charge on any atom is -0.383 e. The number of hydrogen-bond donors (Lipinski definition) is 1. The van der Waals surface area contributed by atoms with Gasteiger partial charge < -0.3 is 14.4 Å². The highest BCUT2D eigenvalue weighted by Gasteiger charge is 2.23. The van der Waals surface area contributed by atoms with E-state index in [-0.39, 0.29) is 10.7 Å². The van der Waals surface area contributed by atoms with Crippen molar-refractivity contribution in [3.63, 3.8) is 0 Å². The number of nitrogens with one attached hydrogen (secondary N) is 1. The van der Waals surface area contributed by atoms with E-state index < -0.39 is 10.0 Å². The Morgan fingerprint density at radius 2 is 1.69 bits per heavy atom. The third-order valence-electron chi connectivity index (χ3n) is 4.20. The standard InChI is InChI=1S/C18H24N6O4S/c1-23-13-14(12-19-23)29(25,26)22-17-18(24(8-10-27-2)9-11-28-3)21-16-7-5-4-6-15(16)20-17/h4-7,12-13H,8-11H2,1-3H3,(H,20,22). The topological polar surface area (TPSA) is 111 Å². The van der Waals surface area contributed by atoms with E-state index in [1.165, 1.54) is 17.1 Å². The van der Waals surface area contributed by atoms with Crippen molar-refractivity contribution in [2.24, 2.45) is 7.05 Å². The van der Waals surface area contributed by atoms with E-state index in [9.17, 15) is 8.42 Å². The molecule has 3 rings (SSSR count). The molecule has 0 radical (unpaired) electrons. The highest BCUT2D eigenvalue weighted by Crippen LogP contribution is 2.27. The molecule has 0 spiro atoms. The first-order valence-electron chi connectivity index (χ1n) is 8.95. The number of rotatable bonds is 10. The first-order chi connectivity index (χ1) is 13.9. The van der Waals surface area contributed by atoms with Crippen LogP contribution in [-0.2, 0) is 26.5 Å². The zero-order chi connectivity index (χ0) is 20.9. The lowest BCUT2D eigenvalue weighted by Crippen LogP contribution is -2.32. The van der Waals surface area contributed by atoms with Gasteiger partial charge in [0.25, 0.3) is 10.0 Å². The average Bonchev–Trinajstić information content (AvgIpc) is 3.15. The summed E-state index contributed by atoms with van der Waals surface area (Å²) in [5.74, 6) is 0.546. The molecule has 156 valence electrons. The molecule has 0 saturated heterocycles. The van der Waals surface area contributed by atoms with E-state index in [2.05, 4.69) is 19.8 Å². The normalized spacial score (nSPS) is 11.7. The van der Waals surface area contributed by atoms with Gasteiger partial charge in [0.05, 0.1) is 30.4 Å². The molecule has 0 unspecified atom stereocenters. The van der Waals surface area contributed by atoms with E-state index in [0.29, 0.717) is 43.2 Å². The largest absolute Gasteiger partial charge is 0.383 e. The predicted molar refractivity (Wildman–Crippen MR) is 110 cm³/mol. The molecule has 0 aliphatic carbocycles. The van der Waals surface area contributed by atoms with Crippen molar-refractivity contribution < 1.29 is 17.9 Å². The number of nitrogens with zero attached hydrogens (tertiary/aromatic N) is 5. The van der Waals surface area contributed by atoms with Crippen LogP contribution in [0, 0.1) is 0 Å². The van der Waals surface area contributed by atoms with Gasteiger partial charge in [-0.05, 0) is 12.1 Å². The zero-order valence-corrected chi connectivity index (χ0v) is 17.4. The Labute approximate surface area is 169 Å². The van der Waals surface area contributed by atoms with Crippen molar-refractivity contribution in [2.45, 2.75) is 4.90 Å². The molecule has 1 N–H and O–H groups in total. The summed E-state index contributed by atoms with van der Waals surface area (Å²) in [5.41, 5.74) is 1.24. The fraction of sp³-hybridized carbons (Fsp3) is 0.389.